The Bertz CT molecular complexity index is 975. The minimum atomic E-state index is -0.177. The first-order chi connectivity index (χ1) is 13.6. The van der Waals surface area contributed by atoms with E-state index in [1.165, 1.54) is 0 Å². The van der Waals surface area contributed by atoms with Gasteiger partial charge < -0.3 is 15.2 Å². The Morgan fingerprint density at radius 1 is 1.25 bits per heavy atom. The fourth-order valence-electron chi connectivity index (χ4n) is 3.81. The average Bonchev–Trinajstić information content (AvgIpc) is 2.95. The maximum absolute atomic E-state index is 13.2. The number of pyridine rings is 1. The van der Waals surface area contributed by atoms with Crippen LogP contribution >= 0.6 is 0 Å². The van der Waals surface area contributed by atoms with E-state index < -0.39 is 0 Å². The summed E-state index contributed by atoms with van der Waals surface area (Å²) in [4.78, 5) is 17.3. The van der Waals surface area contributed by atoms with E-state index in [1.54, 1.807) is 12.4 Å². The first kappa shape index (κ1) is 18.6. The zero-order valence-corrected chi connectivity index (χ0v) is 16.4. The van der Waals surface area contributed by atoms with Crippen LogP contribution in [0, 0.1) is 5.92 Å². The summed E-state index contributed by atoms with van der Waals surface area (Å²) >= 11 is 0. The molecule has 0 fully saturated rings. The van der Waals surface area contributed by atoms with E-state index in [-0.39, 0.29) is 11.9 Å². The van der Waals surface area contributed by atoms with Crippen molar-refractivity contribution in [1.82, 2.24) is 30.4 Å². The van der Waals surface area contributed by atoms with Gasteiger partial charge in [-0.25, -0.2) is 0 Å². The van der Waals surface area contributed by atoms with Crippen LogP contribution in [0.3, 0.4) is 0 Å². The van der Waals surface area contributed by atoms with Crippen LogP contribution in [0.4, 0.5) is 0 Å². The summed E-state index contributed by atoms with van der Waals surface area (Å²) in [6.07, 6.45) is 5.16. The fraction of sp³-hybridized carbons (Fsp3) is 0.429. The fourth-order valence-corrected chi connectivity index (χ4v) is 3.81. The lowest BCUT2D eigenvalue weighted by Crippen LogP contribution is -2.32. The number of amides is 1. The van der Waals surface area contributed by atoms with Crippen LogP contribution in [0.1, 0.15) is 48.3 Å². The van der Waals surface area contributed by atoms with Gasteiger partial charge in [0.1, 0.15) is 5.82 Å². The van der Waals surface area contributed by atoms with Crippen molar-refractivity contribution >= 4 is 16.7 Å². The SMILES string of the molecule is CC(C)C[C@@H](NC(=O)c1cccc2cnccc12)c1nnc2n1CCNCC2. The molecule has 0 saturated heterocycles. The summed E-state index contributed by atoms with van der Waals surface area (Å²) in [7, 11) is 0. The molecule has 0 radical (unpaired) electrons. The minimum Gasteiger partial charge on any atom is -0.342 e. The number of aromatic nitrogens is 4. The number of carbonyl (C=O) groups excluding carboxylic acids is 1. The standard InChI is InChI=1S/C21H26N6O/c1-14(2)12-18(20-26-25-19-7-9-22-10-11-27(19)20)24-21(28)17-5-3-4-15-13-23-8-6-16(15)17/h3-6,8,13-14,18,22H,7,9-12H2,1-2H3,(H,24,28)/t18-/m1/s1. The lowest BCUT2D eigenvalue weighted by molar-refractivity contribution is 0.0930. The molecule has 1 aliphatic rings. The van der Waals surface area contributed by atoms with E-state index in [9.17, 15) is 4.79 Å². The normalized spacial score (nSPS) is 15.2. The maximum atomic E-state index is 13.2. The van der Waals surface area contributed by atoms with Gasteiger partial charge in [-0.1, -0.05) is 26.0 Å². The van der Waals surface area contributed by atoms with Crippen LogP contribution in [0.5, 0.6) is 0 Å². The average molecular weight is 378 g/mol. The van der Waals surface area contributed by atoms with Crippen LogP contribution < -0.4 is 10.6 Å². The molecule has 28 heavy (non-hydrogen) atoms. The molecule has 3 aromatic rings. The molecule has 4 rings (SSSR count). The van der Waals surface area contributed by atoms with Gasteiger partial charge in [0.05, 0.1) is 6.04 Å². The van der Waals surface area contributed by atoms with Gasteiger partial charge in [-0.15, -0.1) is 10.2 Å². The van der Waals surface area contributed by atoms with E-state index in [1.807, 2.05) is 24.3 Å². The monoisotopic (exact) mass is 378 g/mol. The van der Waals surface area contributed by atoms with Crippen LogP contribution in [0.25, 0.3) is 10.8 Å². The number of fused-ring (bicyclic) bond motifs is 2. The molecule has 0 spiro atoms. The molecule has 1 aliphatic heterocycles. The summed E-state index contributed by atoms with van der Waals surface area (Å²) < 4.78 is 2.17. The molecule has 146 valence electrons. The zero-order chi connectivity index (χ0) is 19.5. The van der Waals surface area contributed by atoms with Crippen molar-refractivity contribution < 1.29 is 4.79 Å². The second kappa shape index (κ2) is 8.06. The number of hydrogen-bond donors (Lipinski definition) is 2. The lowest BCUT2D eigenvalue weighted by Gasteiger charge is -2.21. The molecule has 3 heterocycles. The van der Waals surface area contributed by atoms with Crippen molar-refractivity contribution in [2.45, 2.75) is 39.3 Å². The highest BCUT2D eigenvalue weighted by molar-refractivity contribution is 6.06. The first-order valence-corrected chi connectivity index (χ1v) is 9.90. The topological polar surface area (TPSA) is 84.7 Å². The Morgan fingerprint density at radius 2 is 2.14 bits per heavy atom. The molecule has 1 aromatic carbocycles. The molecule has 1 amide bonds. The van der Waals surface area contributed by atoms with Crippen LogP contribution in [0.15, 0.2) is 36.7 Å². The Balaban J connectivity index is 1.66. The Morgan fingerprint density at radius 3 is 3.00 bits per heavy atom. The van der Waals surface area contributed by atoms with Crippen molar-refractivity contribution in [3.05, 3.63) is 53.9 Å². The van der Waals surface area contributed by atoms with Gasteiger partial charge in [0.25, 0.3) is 5.91 Å². The van der Waals surface area contributed by atoms with Gasteiger partial charge in [-0.3, -0.25) is 9.78 Å². The highest BCUT2D eigenvalue weighted by atomic mass is 16.1. The van der Waals surface area contributed by atoms with Crippen LogP contribution in [-0.4, -0.2) is 38.7 Å². The first-order valence-electron chi connectivity index (χ1n) is 9.90. The van der Waals surface area contributed by atoms with Crippen LogP contribution in [0.2, 0.25) is 0 Å². The molecule has 0 bridgehead atoms. The molecule has 0 saturated carbocycles. The predicted molar refractivity (Wildman–Crippen MR) is 108 cm³/mol. The molecule has 1 atom stereocenters. The summed E-state index contributed by atoms with van der Waals surface area (Å²) in [5, 5.41) is 17.3. The van der Waals surface area contributed by atoms with E-state index in [4.69, 9.17) is 0 Å². The third-order valence-corrected chi connectivity index (χ3v) is 5.14. The van der Waals surface area contributed by atoms with Crippen molar-refractivity contribution in [3.8, 4) is 0 Å². The van der Waals surface area contributed by atoms with Crippen LogP contribution in [-0.2, 0) is 13.0 Å². The van der Waals surface area contributed by atoms with Gasteiger partial charge in [0.15, 0.2) is 5.82 Å². The molecule has 7 heteroatoms. The number of benzene rings is 1. The summed E-state index contributed by atoms with van der Waals surface area (Å²) in [5.74, 6) is 2.16. The van der Waals surface area contributed by atoms with Crippen molar-refractivity contribution in [1.29, 1.82) is 0 Å². The number of carbonyl (C=O) groups is 1. The highest BCUT2D eigenvalue weighted by Gasteiger charge is 2.25. The Hall–Kier alpha value is -2.80. The molecule has 2 N–H and O–H groups in total. The van der Waals surface area contributed by atoms with Gasteiger partial charge in [-0.2, -0.15) is 0 Å². The number of nitrogens with zero attached hydrogens (tertiary/aromatic N) is 4. The summed E-state index contributed by atoms with van der Waals surface area (Å²) in [6, 6.07) is 7.43. The predicted octanol–water partition coefficient (Wildman–Crippen LogP) is 2.49. The molecule has 0 unspecified atom stereocenters. The molecule has 7 nitrogen and oxygen atoms in total. The molecule has 2 aromatic heterocycles. The maximum Gasteiger partial charge on any atom is 0.252 e. The second-order valence-electron chi connectivity index (χ2n) is 7.68. The Labute approximate surface area is 164 Å². The van der Waals surface area contributed by atoms with Crippen molar-refractivity contribution in [2.75, 3.05) is 13.1 Å². The van der Waals surface area contributed by atoms with E-state index in [2.05, 4.69) is 44.2 Å². The summed E-state index contributed by atoms with van der Waals surface area (Å²) in [5.41, 5.74) is 0.658. The molecular formula is C21H26N6O. The largest absolute Gasteiger partial charge is 0.342 e. The molecular weight excluding hydrogens is 352 g/mol. The summed E-state index contributed by atoms with van der Waals surface area (Å²) in [6.45, 7) is 6.93. The quantitative estimate of drug-likeness (QED) is 0.713. The van der Waals surface area contributed by atoms with Gasteiger partial charge in [0, 0.05) is 49.4 Å². The number of nitrogens with one attached hydrogen (secondary N) is 2. The van der Waals surface area contributed by atoms with Gasteiger partial charge >= 0.3 is 0 Å². The third-order valence-electron chi connectivity index (χ3n) is 5.14. The van der Waals surface area contributed by atoms with Crippen molar-refractivity contribution in [3.63, 3.8) is 0 Å². The van der Waals surface area contributed by atoms with Crippen molar-refractivity contribution in [2.24, 2.45) is 5.92 Å². The Kier molecular flexibility index (Phi) is 5.34. The molecule has 0 aliphatic carbocycles. The van der Waals surface area contributed by atoms with E-state index in [0.29, 0.717) is 11.5 Å². The van der Waals surface area contributed by atoms with Gasteiger partial charge in [0.2, 0.25) is 0 Å². The third kappa shape index (κ3) is 3.75. The van der Waals surface area contributed by atoms with Gasteiger partial charge in [-0.05, 0) is 29.9 Å². The number of hydrogen-bond acceptors (Lipinski definition) is 5. The highest BCUT2D eigenvalue weighted by Crippen LogP contribution is 2.24. The smallest absolute Gasteiger partial charge is 0.252 e. The second-order valence-corrected chi connectivity index (χ2v) is 7.68. The lowest BCUT2D eigenvalue weighted by atomic mass is 10.0. The zero-order valence-electron chi connectivity index (χ0n) is 16.4. The van der Waals surface area contributed by atoms with E-state index >= 15 is 0 Å². The van der Waals surface area contributed by atoms with E-state index in [0.717, 1.165) is 54.9 Å². The number of rotatable bonds is 5. The minimum absolute atomic E-state index is 0.0912.